The van der Waals surface area contributed by atoms with Crippen LogP contribution in [0.1, 0.15) is 51.9 Å². The minimum atomic E-state index is -0.478. The average molecular weight is 296 g/mol. The molecular weight excluding hydrogens is 272 g/mol. The van der Waals surface area contributed by atoms with Gasteiger partial charge in [-0.25, -0.2) is 0 Å². The highest BCUT2D eigenvalue weighted by molar-refractivity contribution is 5.77. The van der Waals surface area contributed by atoms with E-state index in [1.54, 1.807) is 0 Å². The Labute approximate surface area is 125 Å². The van der Waals surface area contributed by atoms with Crippen molar-refractivity contribution < 1.29 is 23.8 Å². The molecule has 0 spiro atoms. The zero-order valence-electron chi connectivity index (χ0n) is 12.9. The summed E-state index contributed by atoms with van der Waals surface area (Å²) in [4.78, 5) is 24.1. The van der Waals surface area contributed by atoms with Crippen LogP contribution in [0.2, 0.25) is 0 Å². The Balaban J connectivity index is 1.85. The largest absolute Gasteiger partial charge is 0.459 e. The molecule has 4 atom stereocenters. The van der Waals surface area contributed by atoms with E-state index in [1.807, 2.05) is 0 Å². The van der Waals surface area contributed by atoms with Crippen molar-refractivity contribution in [3.63, 3.8) is 0 Å². The van der Waals surface area contributed by atoms with Gasteiger partial charge in [0.25, 0.3) is 0 Å². The van der Waals surface area contributed by atoms with Crippen molar-refractivity contribution in [2.24, 2.45) is 17.3 Å². The van der Waals surface area contributed by atoms with Crippen molar-refractivity contribution in [2.75, 3.05) is 13.9 Å². The number of carbonyl (C=O) groups is 2. The lowest BCUT2D eigenvalue weighted by molar-refractivity contribution is -0.206. The van der Waals surface area contributed by atoms with E-state index in [0.717, 1.165) is 38.5 Å². The summed E-state index contributed by atoms with van der Waals surface area (Å²) in [6.07, 6.45) is 6.34. The van der Waals surface area contributed by atoms with Gasteiger partial charge in [-0.2, -0.15) is 0 Å². The van der Waals surface area contributed by atoms with Crippen LogP contribution in [0.4, 0.5) is 0 Å². The second-order valence-electron chi connectivity index (χ2n) is 7.08. The Kier molecular flexibility index (Phi) is 3.72. The van der Waals surface area contributed by atoms with Gasteiger partial charge in [-0.05, 0) is 50.4 Å². The van der Waals surface area contributed by atoms with Gasteiger partial charge in [-0.3, -0.25) is 9.59 Å². The molecule has 3 bridgehead atoms. The summed E-state index contributed by atoms with van der Waals surface area (Å²) in [5.74, 6) is 0.743. The third-order valence-corrected chi connectivity index (χ3v) is 5.68. The van der Waals surface area contributed by atoms with Crippen LogP contribution in [0, 0.1) is 17.3 Å². The maximum absolute atomic E-state index is 12.6. The lowest BCUT2D eigenvalue weighted by Gasteiger charge is -2.57. The summed E-state index contributed by atoms with van der Waals surface area (Å²) < 4.78 is 15.8. The fourth-order valence-electron chi connectivity index (χ4n) is 5.01. The molecule has 3 aliphatic rings. The average Bonchev–Trinajstić information content (AvgIpc) is 2.41. The van der Waals surface area contributed by atoms with Gasteiger partial charge in [0.1, 0.15) is 5.60 Å². The van der Waals surface area contributed by atoms with Crippen molar-refractivity contribution in [3.8, 4) is 0 Å². The first-order valence-electron chi connectivity index (χ1n) is 7.84. The standard InChI is InChI=1S/C16H24O5/c1-11(17)21-16-6-4-12-3-5-15(9-16,7-13(12)8-16)14(18)20-10-19-2/h12-13H,3-10H2,1-2H3. The molecule has 0 aliphatic heterocycles. The highest BCUT2D eigenvalue weighted by atomic mass is 16.7. The van der Waals surface area contributed by atoms with E-state index in [9.17, 15) is 9.59 Å². The molecule has 4 unspecified atom stereocenters. The molecule has 0 aromatic rings. The van der Waals surface area contributed by atoms with Gasteiger partial charge in [0.05, 0.1) is 5.41 Å². The van der Waals surface area contributed by atoms with Gasteiger partial charge in [0.15, 0.2) is 6.79 Å². The molecule has 0 radical (unpaired) electrons. The van der Waals surface area contributed by atoms with Crippen molar-refractivity contribution in [3.05, 3.63) is 0 Å². The minimum Gasteiger partial charge on any atom is -0.459 e. The second kappa shape index (κ2) is 5.27. The summed E-state index contributed by atoms with van der Waals surface area (Å²) in [6, 6.07) is 0. The number of hydrogen-bond acceptors (Lipinski definition) is 5. The van der Waals surface area contributed by atoms with Gasteiger partial charge in [0.2, 0.25) is 0 Å². The van der Waals surface area contributed by atoms with Crippen LogP contribution in [-0.4, -0.2) is 31.4 Å². The Bertz CT molecular complexity index is 448. The Morgan fingerprint density at radius 1 is 1.14 bits per heavy atom. The predicted octanol–water partition coefficient (Wildman–Crippen LogP) is 2.43. The van der Waals surface area contributed by atoms with Crippen LogP contribution >= 0.6 is 0 Å². The van der Waals surface area contributed by atoms with E-state index < -0.39 is 11.0 Å². The summed E-state index contributed by atoms with van der Waals surface area (Å²) in [5, 5.41) is 0. The number of hydrogen-bond donors (Lipinski definition) is 0. The van der Waals surface area contributed by atoms with Crippen LogP contribution in [0.3, 0.4) is 0 Å². The molecule has 0 aromatic carbocycles. The maximum atomic E-state index is 12.6. The fourth-order valence-corrected chi connectivity index (χ4v) is 5.01. The maximum Gasteiger partial charge on any atom is 0.314 e. The molecule has 0 aromatic heterocycles. The lowest BCUT2D eigenvalue weighted by atomic mass is 9.50. The van der Waals surface area contributed by atoms with Crippen LogP contribution in [0.5, 0.6) is 0 Å². The molecule has 0 saturated heterocycles. The van der Waals surface area contributed by atoms with Gasteiger partial charge < -0.3 is 14.2 Å². The van der Waals surface area contributed by atoms with Gasteiger partial charge >= 0.3 is 11.9 Å². The number of fused-ring (bicyclic) bond motifs is 2. The Morgan fingerprint density at radius 3 is 2.62 bits per heavy atom. The van der Waals surface area contributed by atoms with Gasteiger partial charge in [0, 0.05) is 20.5 Å². The number of methoxy groups -OCH3 is 1. The van der Waals surface area contributed by atoms with Gasteiger partial charge in [-0.15, -0.1) is 0 Å². The predicted molar refractivity (Wildman–Crippen MR) is 74.2 cm³/mol. The van der Waals surface area contributed by atoms with E-state index in [-0.39, 0.29) is 18.7 Å². The first-order chi connectivity index (χ1) is 9.99. The summed E-state index contributed by atoms with van der Waals surface area (Å²) in [6.45, 7) is 1.45. The molecule has 3 rings (SSSR count). The van der Waals surface area contributed by atoms with Crippen LogP contribution in [0.15, 0.2) is 0 Å². The van der Waals surface area contributed by atoms with Crippen molar-refractivity contribution in [1.82, 2.24) is 0 Å². The van der Waals surface area contributed by atoms with E-state index in [4.69, 9.17) is 14.2 Å². The van der Waals surface area contributed by atoms with E-state index in [1.165, 1.54) is 14.0 Å². The SMILES string of the molecule is COCOC(=O)C12CCC3CCC(OC(C)=O)(CC3C1)C2. The molecule has 0 N–H and O–H groups in total. The topological polar surface area (TPSA) is 61.8 Å². The first kappa shape index (κ1) is 14.8. The molecule has 118 valence electrons. The number of rotatable bonds is 4. The summed E-state index contributed by atoms with van der Waals surface area (Å²) >= 11 is 0. The van der Waals surface area contributed by atoms with Crippen molar-refractivity contribution in [1.29, 1.82) is 0 Å². The number of carbonyl (C=O) groups excluding carboxylic acids is 2. The molecule has 5 heteroatoms. The van der Waals surface area contributed by atoms with Crippen molar-refractivity contribution in [2.45, 2.75) is 57.5 Å². The van der Waals surface area contributed by atoms with Crippen LogP contribution < -0.4 is 0 Å². The smallest absolute Gasteiger partial charge is 0.314 e. The zero-order valence-corrected chi connectivity index (χ0v) is 12.9. The monoisotopic (exact) mass is 296 g/mol. The normalized spacial score (nSPS) is 40.7. The first-order valence-corrected chi connectivity index (χ1v) is 7.84. The highest BCUT2D eigenvalue weighted by Gasteiger charge is 2.60. The van der Waals surface area contributed by atoms with Crippen molar-refractivity contribution >= 4 is 11.9 Å². The van der Waals surface area contributed by atoms with E-state index in [2.05, 4.69) is 0 Å². The van der Waals surface area contributed by atoms with Crippen LogP contribution in [-0.2, 0) is 23.8 Å². The Hall–Kier alpha value is -1.10. The molecule has 21 heavy (non-hydrogen) atoms. The number of ether oxygens (including phenoxy) is 3. The molecule has 0 heterocycles. The van der Waals surface area contributed by atoms with Gasteiger partial charge in [-0.1, -0.05) is 0 Å². The molecule has 3 aliphatic carbocycles. The third-order valence-electron chi connectivity index (χ3n) is 5.68. The minimum absolute atomic E-state index is 0.00472. The second-order valence-corrected chi connectivity index (χ2v) is 7.08. The fraction of sp³-hybridized carbons (Fsp3) is 0.875. The third kappa shape index (κ3) is 2.56. The van der Waals surface area contributed by atoms with E-state index >= 15 is 0 Å². The molecule has 3 saturated carbocycles. The lowest BCUT2D eigenvalue weighted by Crippen LogP contribution is -2.57. The summed E-state index contributed by atoms with van der Waals surface area (Å²) in [5.41, 5.74) is -0.925. The zero-order chi connectivity index (χ0) is 15.1. The quantitative estimate of drug-likeness (QED) is 0.589. The molecule has 3 fully saturated rings. The molecular formula is C16H24O5. The summed E-state index contributed by atoms with van der Waals surface area (Å²) in [7, 11) is 1.51. The van der Waals surface area contributed by atoms with Crippen LogP contribution in [0.25, 0.3) is 0 Å². The molecule has 5 nitrogen and oxygen atoms in total. The Morgan fingerprint density at radius 2 is 1.90 bits per heavy atom. The highest BCUT2D eigenvalue weighted by Crippen LogP contribution is 2.61. The van der Waals surface area contributed by atoms with E-state index in [0.29, 0.717) is 18.3 Å². The number of esters is 2. The molecule has 0 amide bonds.